The lowest BCUT2D eigenvalue weighted by Gasteiger charge is -2.13. The zero-order valence-electron chi connectivity index (χ0n) is 10.8. The van der Waals surface area contributed by atoms with Crippen LogP contribution in [0.1, 0.15) is 51.2 Å². The molecule has 1 nitrogen and oxygen atoms in total. The predicted octanol–water partition coefficient (Wildman–Crippen LogP) is 3.97. The lowest BCUT2D eigenvalue weighted by atomic mass is 9.90. The molecule has 16 heavy (non-hydrogen) atoms. The molecule has 0 saturated heterocycles. The maximum absolute atomic E-state index is 11.9. The van der Waals surface area contributed by atoms with Gasteiger partial charge in [-0.1, -0.05) is 58.4 Å². The Morgan fingerprint density at radius 1 is 1.12 bits per heavy atom. The first-order valence-electron chi connectivity index (χ1n) is 6.18. The van der Waals surface area contributed by atoms with Gasteiger partial charge in [0.2, 0.25) is 0 Å². The van der Waals surface area contributed by atoms with Gasteiger partial charge in [0.15, 0.2) is 0 Å². The summed E-state index contributed by atoms with van der Waals surface area (Å²) in [7, 11) is 0. The van der Waals surface area contributed by atoms with E-state index in [1.807, 2.05) is 20.8 Å². The molecule has 0 heterocycles. The summed E-state index contributed by atoms with van der Waals surface area (Å²) in [6.45, 7) is 8.10. The van der Waals surface area contributed by atoms with E-state index in [1.54, 1.807) is 0 Å². The van der Waals surface area contributed by atoms with Gasteiger partial charge in [-0.2, -0.15) is 0 Å². The van der Waals surface area contributed by atoms with Crippen molar-refractivity contribution in [2.75, 3.05) is 0 Å². The Bertz CT molecular complexity index is 335. The molecule has 1 rings (SSSR count). The molecule has 0 radical (unpaired) electrons. The zero-order valence-corrected chi connectivity index (χ0v) is 10.8. The molecule has 0 spiro atoms. The first-order valence-corrected chi connectivity index (χ1v) is 6.18. The second-order valence-electron chi connectivity index (χ2n) is 4.77. The van der Waals surface area contributed by atoms with Crippen LogP contribution >= 0.6 is 0 Å². The molecule has 0 amide bonds. The van der Waals surface area contributed by atoms with Crippen molar-refractivity contribution in [2.24, 2.45) is 5.92 Å². The number of ketones is 1. The first-order chi connectivity index (χ1) is 7.56. The summed E-state index contributed by atoms with van der Waals surface area (Å²) in [6, 6.07) is 8.47. The Labute approximate surface area is 98.9 Å². The first kappa shape index (κ1) is 13.0. The maximum Gasteiger partial charge on any atom is 0.142 e. The molecule has 1 aromatic rings. The molecule has 1 heteroatoms. The molecule has 88 valence electrons. The second kappa shape index (κ2) is 5.83. The number of benzene rings is 1. The largest absolute Gasteiger partial charge is 0.299 e. The SMILES string of the molecule is CCCc1ccc(C(C)C(=O)C(C)C)cc1. The zero-order chi connectivity index (χ0) is 12.1. The van der Waals surface area contributed by atoms with E-state index >= 15 is 0 Å². The summed E-state index contributed by atoms with van der Waals surface area (Å²) in [4.78, 5) is 11.9. The summed E-state index contributed by atoms with van der Waals surface area (Å²) in [5, 5.41) is 0. The van der Waals surface area contributed by atoms with Crippen molar-refractivity contribution in [1.29, 1.82) is 0 Å². The van der Waals surface area contributed by atoms with Gasteiger partial charge < -0.3 is 0 Å². The molecule has 0 saturated carbocycles. The smallest absolute Gasteiger partial charge is 0.142 e. The average Bonchev–Trinajstić information content (AvgIpc) is 2.28. The van der Waals surface area contributed by atoms with E-state index in [9.17, 15) is 4.79 Å². The molecule has 0 fully saturated rings. The van der Waals surface area contributed by atoms with Gasteiger partial charge in [-0.3, -0.25) is 4.79 Å². The molecule has 0 aliphatic carbocycles. The number of hydrogen-bond donors (Lipinski definition) is 0. The van der Waals surface area contributed by atoms with Crippen molar-refractivity contribution in [3.05, 3.63) is 35.4 Å². The molecule has 1 unspecified atom stereocenters. The molecule has 0 aliphatic heterocycles. The molecule has 0 aliphatic rings. The maximum atomic E-state index is 11.9. The highest BCUT2D eigenvalue weighted by Crippen LogP contribution is 2.20. The van der Waals surface area contributed by atoms with Crippen LogP contribution in [0.15, 0.2) is 24.3 Å². The van der Waals surface area contributed by atoms with Gasteiger partial charge in [-0.15, -0.1) is 0 Å². The van der Waals surface area contributed by atoms with Crippen LogP contribution in [0.4, 0.5) is 0 Å². The van der Waals surface area contributed by atoms with Crippen molar-refractivity contribution in [2.45, 2.75) is 46.5 Å². The van der Waals surface area contributed by atoms with Crippen molar-refractivity contribution >= 4 is 5.78 Å². The van der Waals surface area contributed by atoms with Crippen LogP contribution in [-0.2, 0) is 11.2 Å². The van der Waals surface area contributed by atoms with Crippen molar-refractivity contribution in [1.82, 2.24) is 0 Å². The van der Waals surface area contributed by atoms with Crippen LogP contribution in [0.2, 0.25) is 0 Å². The van der Waals surface area contributed by atoms with Gasteiger partial charge in [0.1, 0.15) is 5.78 Å². The third-order valence-electron chi connectivity index (χ3n) is 3.01. The number of aryl methyl sites for hydroxylation is 1. The number of rotatable bonds is 5. The third-order valence-corrected chi connectivity index (χ3v) is 3.01. The van der Waals surface area contributed by atoms with Gasteiger partial charge in [0.25, 0.3) is 0 Å². The number of carbonyl (C=O) groups excluding carboxylic acids is 1. The lowest BCUT2D eigenvalue weighted by Crippen LogP contribution is -2.15. The van der Waals surface area contributed by atoms with Crippen LogP contribution in [0, 0.1) is 5.92 Å². The van der Waals surface area contributed by atoms with E-state index in [1.165, 1.54) is 12.0 Å². The topological polar surface area (TPSA) is 17.1 Å². The summed E-state index contributed by atoms with van der Waals surface area (Å²) in [5.41, 5.74) is 2.49. The quantitative estimate of drug-likeness (QED) is 0.731. The van der Waals surface area contributed by atoms with E-state index in [4.69, 9.17) is 0 Å². The fourth-order valence-electron chi connectivity index (χ4n) is 1.93. The highest BCUT2D eigenvalue weighted by Gasteiger charge is 2.17. The monoisotopic (exact) mass is 218 g/mol. The molecule has 1 atom stereocenters. The van der Waals surface area contributed by atoms with Crippen LogP contribution < -0.4 is 0 Å². The summed E-state index contributed by atoms with van der Waals surface area (Å²) in [5.74, 6) is 0.462. The molecule has 0 aromatic heterocycles. The van der Waals surface area contributed by atoms with E-state index in [0.717, 1.165) is 12.0 Å². The van der Waals surface area contributed by atoms with Gasteiger partial charge in [0, 0.05) is 11.8 Å². The van der Waals surface area contributed by atoms with Gasteiger partial charge in [-0.05, 0) is 17.5 Å². The van der Waals surface area contributed by atoms with Crippen LogP contribution in [0.5, 0.6) is 0 Å². The molecular weight excluding hydrogens is 196 g/mol. The minimum atomic E-state index is 0.0238. The van der Waals surface area contributed by atoms with Crippen LogP contribution in [0.25, 0.3) is 0 Å². The summed E-state index contributed by atoms with van der Waals surface area (Å²) >= 11 is 0. The Kier molecular flexibility index (Phi) is 4.72. The minimum absolute atomic E-state index is 0.0238. The summed E-state index contributed by atoms with van der Waals surface area (Å²) < 4.78 is 0. The van der Waals surface area contributed by atoms with Crippen molar-refractivity contribution < 1.29 is 4.79 Å². The van der Waals surface area contributed by atoms with E-state index in [-0.39, 0.29) is 11.8 Å². The average molecular weight is 218 g/mol. The fraction of sp³-hybridized carbons (Fsp3) is 0.533. The Morgan fingerprint density at radius 3 is 2.12 bits per heavy atom. The third kappa shape index (κ3) is 3.19. The normalized spacial score (nSPS) is 12.8. The van der Waals surface area contributed by atoms with Crippen LogP contribution in [0.3, 0.4) is 0 Å². The minimum Gasteiger partial charge on any atom is -0.299 e. The van der Waals surface area contributed by atoms with Crippen molar-refractivity contribution in [3.8, 4) is 0 Å². The Hall–Kier alpha value is -1.11. The highest BCUT2D eigenvalue weighted by atomic mass is 16.1. The second-order valence-corrected chi connectivity index (χ2v) is 4.77. The Morgan fingerprint density at radius 2 is 1.69 bits per heavy atom. The summed E-state index contributed by atoms with van der Waals surface area (Å²) in [6.07, 6.45) is 2.28. The highest BCUT2D eigenvalue weighted by molar-refractivity contribution is 5.86. The van der Waals surface area contributed by atoms with Gasteiger partial charge in [-0.25, -0.2) is 0 Å². The van der Waals surface area contributed by atoms with Gasteiger partial charge >= 0.3 is 0 Å². The van der Waals surface area contributed by atoms with Crippen LogP contribution in [-0.4, -0.2) is 5.78 Å². The molecule has 0 bridgehead atoms. The molecule has 1 aromatic carbocycles. The van der Waals surface area contributed by atoms with Gasteiger partial charge in [0.05, 0.1) is 0 Å². The van der Waals surface area contributed by atoms with E-state index in [0.29, 0.717) is 5.78 Å². The number of hydrogen-bond acceptors (Lipinski definition) is 1. The fourth-order valence-corrected chi connectivity index (χ4v) is 1.93. The number of Topliss-reactive ketones (excluding diaryl/α,β-unsaturated/α-hetero) is 1. The molecule has 0 N–H and O–H groups in total. The standard InChI is InChI=1S/C15H22O/c1-5-6-13-7-9-14(10-8-13)12(4)15(16)11(2)3/h7-12H,5-6H2,1-4H3. The Balaban J connectivity index is 2.77. The van der Waals surface area contributed by atoms with E-state index in [2.05, 4.69) is 31.2 Å². The predicted molar refractivity (Wildman–Crippen MR) is 68.7 cm³/mol. The lowest BCUT2D eigenvalue weighted by molar-refractivity contribution is -0.123. The number of carbonyl (C=O) groups is 1. The van der Waals surface area contributed by atoms with Crippen molar-refractivity contribution in [3.63, 3.8) is 0 Å². The molecular formula is C15H22O. The van der Waals surface area contributed by atoms with E-state index < -0.39 is 0 Å².